The van der Waals surface area contributed by atoms with E-state index in [1.807, 2.05) is 24.1 Å². The van der Waals surface area contributed by atoms with Gasteiger partial charge in [-0.05, 0) is 54.8 Å². The number of hydrogen-bond acceptors (Lipinski definition) is 2. The van der Waals surface area contributed by atoms with Crippen LogP contribution in [-0.2, 0) is 6.42 Å². The van der Waals surface area contributed by atoms with Crippen LogP contribution in [-0.4, -0.2) is 13.6 Å². The molecule has 0 aromatic heterocycles. The molecule has 0 fully saturated rings. The lowest BCUT2D eigenvalue weighted by atomic mass is 10.1. The first-order chi connectivity index (χ1) is 9.47. The van der Waals surface area contributed by atoms with Gasteiger partial charge in [0.1, 0.15) is 5.82 Å². The normalized spacial score (nSPS) is 10.6. The summed E-state index contributed by atoms with van der Waals surface area (Å²) in [6.07, 6.45) is 0.910. The molecule has 2 aromatic carbocycles. The number of nitrogens with zero attached hydrogens (tertiary/aromatic N) is 1. The SMILES string of the molecule is Cc1ccc(Br)cc1CCN(C)c1ccc(N)c(F)c1. The molecule has 0 amide bonds. The number of nitrogens with two attached hydrogens (primary N) is 1. The molecule has 0 atom stereocenters. The second-order valence-corrected chi connectivity index (χ2v) is 5.86. The quantitative estimate of drug-likeness (QED) is 0.849. The molecule has 0 saturated heterocycles. The second-order valence-electron chi connectivity index (χ2n) is 4.95. The van der Waals surface area contributed by atoms with Gasteiger partial charge in [0.15, 0.2) is 0 Å². The van der Waals surface area contributed by atoms with Crippen molar-refractivity contribution in [3.05, 3.63) is 57.8 Å². The van der Waals surface area contributed by atoms with Crippen molar-refractivity contribution in [3.63, 3.8) is 0 Å². The molecule has 20 heavy (non-hydrogen) atoms. The predicted octanol–water partition coefficient (Wildman–Crippen LogP) is 4.16. The third-order valence-electron chi connectivity index (χ3n) is 3.45. The van der Waals surface area contributed by atoms with Crippen LogP contribution in [0.25, 0.3) is 0 Å². The summed E-state index contributed by atoms with van der Waals surface area (Å²) in [6, 6.07) is 11.2. The van der Waals surface area contributed by atoms with Crippen molar-refractivity contribution in [2.24, 2.45) is 0 Å². The minimum atomic E-state index is -0.368. The van der Waals surface area contributed by atoms with Crippen molar-refractivity contribution in [1.82, 2.24) is 0 Å². The third-order valence-corrected chi connectivity index (χ3v) is 3.95. The Bertz CT molecular complexity index is 613. The van der Waals surface area contributed by atoms with Crippen LogP contribution in [0.3, 0.4) is 0 Å². The average Bonchev–Trinajstić information content (AvgIpc) is 2.42. The van der Waals surface area contributed by atoms with E-state index >= 15 is 0 Å². The maximum Gasteiger partial charge on any atom is 0.148 e. The Kier molecular flexibility index (Phi) is 4.65. The third kappa shape index (κ3) is 3.51. The summed E-state index contributed by atoms with van der Waals surface area (Å²) in [7, 11) is 1.96. The van der Waals surface area contributed by atoms with Crippen LogP contribution in [0.1, 0.15) is 11.1 Å². The van der Waals surface area contributed by atoms with E-state index in [4.69, 9.17) is 5.73 Å². The summed E-state index contributed by atoms with van der Waals surface area (Å²) >= 11 is 3.49. The highest BCUT2D eigenvalue weighted by Crippen LogP contribution is 2.21. The largest absolute Gasteiger partial charge is 0.396 e. The second kappa shape index (κ2) is 6.27. The van der Waals surface area contributed by atoms with Crippen molar-refractivity contribution in [2.75, 3.05) is 24.2 Å². The first kappa shape index (κ1) is 14.9. The summed E-state index contributed by atoms with van der Waals surface area (Å²) in [5.74, 6) is -0.368. The lowest BCUT2D eigenvalue weighted by Gasteiger charge is -2.20. The molecule has 0 radical (unpaired) electrons. The van der Waals surface area contributed by atoms with Crippen LogP contribution < -0.4 is 10.6 Å². The summed E-state index contributed by atoms with van der Waals surface area (Å²) in [5.41, 5.74) is 9.08. The van der Waals surface area contributed by atoms with Crippen molar-refractivity contribution in [1.29, 1.82) is 0 Å². The fourth-order valence-corrected chi connectivity index (χ4v) is 2.49. The summed E-state index contributed by atoms with van der Waals surface area (Å²) < 4.78 is 14.5. The van der Waals surface area contributed by atoms with Crippen LogP contribution in [0.5, 0.6) is 0 Å². The molecular formula is C16H18BrFN2. The van der Waals surface area contributed by atoms with Crippen LogP contribution >= 0.6 is 15.9 Å². The average molecular weight is 337 g/mol. The molecule has 0 unspecified atom stereocenters. The molecule has 0 aliphatic rings. The Morgan fingerprint density at radius 1 is 1.20 bits per heavy atom. The molecule has 2 rings (SSSR count). The Balaban J connectivity index is 2.06. The monoisotopic (exact) mass is 336 g/mol. The van der Waals surface area contributed by atoms with E-state index in [1.54, 1.807) is 6.07 Å². The molecule has 2 nitrogen and oxygen atoms in total. The minimum absolute atomic E-state index is 0.185. The van der Waals surface area contributed by atoms with Gasteiger partial charge in [-0.25, -0.2) is 4.39 Å². The van der Waals surface area contributed by atoms with Gasteiger partial charge in [-0.1, -0.05) is 22.0 Å². The standard InChI is InChI=1S/C16H18BrFN2/c1-11-3-4-13(17)9-12(11)7-8-20(2)14-5-6-16(19)15(18)10-14/h3-6,9-10H,7-8,19H2,1-2H3. The van der Waals surface area contributed by atoms with Gasteiger partial charge in [-0.3, -0.25) is 0 Å². The lowest BCUT2D eigenvalue weighted by molar-refractivity contribution is 0.632. The highest BCUT2D eigenvalue weighted by molar-refractivity contribution is 9.10. The molecule has 0 heterocycles. The molecule has 0 spiro atoms. The fraction of sp³-hybridized carbons (Fsp3) is 0.250. The minimum Gasteiger partial charge on any atom is -0.396 e. The number of likely N-dealkylation sites (N-methyl/N-ethyl adjacent to an activating group) is 1. The van der Waals surface area contributed by atoms with Crippen LogP contribution in [0.2, 0.25) is 0 Å². The van der Waals surface area contributed by atoms with Gasteiger partial charge in [-0.15, -0.1) is 0 Å². The maximum atomic E-state index is 13.5. The van der Waals surface area contributed by atoms with Gasteiger partial charge in [0.05, 0.1) is 5.69 Å². The van der Waals surface area contributed by atoms with Crippen molar-refractivity contribution >= 4 is 27.3 Å². The Morgan fingerprint density at radius 3 is 2.65 bits per heavy atom. The van der Waals surface area contributed by atoms with Crippen molar-refractivity contribution in [3.8, 4) is 0 Å². The topological polar surface area (TPSA) is 29.3 Å². The van der Waals surface area contributed by atoms with E-state index in [2.05, 4.69) is 35.0 Å². The molecule has 4 heteroatoms. The molecule has 0 aliphatic heterocycles. The molecule has 2 aromatic rings. The molecule has 0 bridgehead atoms. The zero-order valence-corrected chi connectivity index (χ0v) is 13.2. The zero-order chi connectivity index (χ0) is 14.7. The van der Waals surface area contributed by atoms with Crippen molar-refractivity contribution in [2.45, 2.75) is 13.3 Å². The first-order valence-electron chi connectivity index (χ1n) is 6.48. The number of rotatable bonds is 4. The Morgan fingerprint density at radius 2 is 1.95 bits per heavy atom. The van der Waals surface area contributed by atoms with Gasteiger partial charge < -0.3 is 10.6 Å². The van der Waals surface area contributed by atoms with Gasteiger partial charge in [0.2, 0.25) is 0 Å². The van der Waals surface area contributed by atoms with Crippen LogP contribution in [0, 0.1) is 12.7 Å². The van der Waals surface area contributed by atoms with Crippen LogP contribution in [0.15, 0.2) is 40.9 Å². The van der Waals surface area contributed by atoms with E-state index in [1.165, 1.54) is 17.2 Å². The fourth-order valence-electron chi connectivity index (χ4n) is 2.08. The van der Waals surface area contributed by atoms with Gasteiger partial charge in [-0.2, -0.15) is 0 Å². The highest BCUT2D eigenvalue weighted by Gasteiger charge is 2.06. The van der Waals surface area contributed by atoms with Crippen molar-refractivity contribution < 1.29 is 4.39 Å². The lowest BCUT2D eigenvalue weighted by Crippen LogP contribution is -2.20. The summed E-state index contributed by atoms with van der Waals surface area (Å²) in [6.45, 7) is 2.92. The van der Waals surface area contributed by atoms with Crippen LogP contribution in [0.4, 0.5) is 15.8 Å². The summed E-state index contributed by atoms with van der Waals surface area (Å²) in [5, 5.41) is 0. The Labute approximate surface area is 127 Å². The molecule has 2 N–H and O–H groups in total. The number of halogens is 2. The molecular weight excluding hydrogens is 319 g/mol. The number of anilines is 2. The first-order valence-corrected chi connectivity index (χ1v) is 7.28. The highest BCUT2D eigenvalue weighted by atomic mass is 79.9. The maximum absolute atomic E-state index is 13.5. The number of aryl methyl sites for hydroxylation is 1. The predicted molar refractivity (Wildman–Crippen MR) is 86.7 cm³/mol. The summed E-state index contributed by atoms with van der Waals surface area (Å²) in [4.78, 5) is 2.03. The van der Waals surface area contributed by atoms with E-state index in [9.17, 15) is 4.39 Å². The van der Waals surface area contributed by atoms with E-state index in [0.717, 1.165) is 23.1 Å². The molecule has 106 valence electrons. The van der Waals surface area contributed by atoms with E-state index in [-0.39, 0.29) is 11.5 Å². The number of hydrogen-bond donors (Lipinski definition) is 1. The number of nitrogen functional groups attached to an aromatic ring is 1. The zero-order valence-electron chi connectivity index (χ0n) is 11.7. The Hall–Kier alpha value is -1.55. The van der Waals surface area contributed by atoms with Gasteiger partial charge >= 0.3 is 0 Å². The number of benzene rings is 2. The smallest absolute Gasteiger partial charge is 0.148 e. The van der Waals surface area contributed by atoms with Gasteiger partial charge in [0.25, 0.3) is 0 Å². The van der Waals surface area contributed by atoms with Gasteiger partial charge in [0, 0.05) is 23.8 Å². The molecule has 0 aliphatic carbocycles. The molecule has 0 saturated carbocycles. The van der Waals surface area contributed by atoms with E-state index in [0.29, 0.717) is 0 Å². The van der Waals surface area contributed by atoms with E-state index < -0.39 is 0 Å².